The van der Waals surface area contributed by atoms with Crippen molar-refractivity contribution < 1.29 is 0 Å². The average molecular weight is 153 g/mol. The Morgan fingerprint density at radius 2 is 2.00 bits per heavy atom. The monoisotopic (exact) mass is 153 g/mol. The fraction of sp³-hybridized carbons (Fsp3) is 0.750. The smallest absolute Gasteiger partial charge is 0.0693 e. The SMILES string of the molecule is CCC(C)(CC)n1ccnn1. The molecule has 0 radical (unpaired) electrons. The summed E-state index contributed by atoms with van der Waals surface area (Å²) in [7, 11) is 0. The van der Waals surface area contributed by atoms with E-state index in [1.807, 2.05) is 10.9 Å². The Morgan fingerprint density at radius 3 is 2.36 bits per heavy atom. The second-order valence-corrected chi connectivity index (χ2v) is 3.05. The van der Waals surface area contributed by atoms with Gasteiger partial charge in [-0.1, -0.05) is 19.1 Å². The lowest BCUT2D eigenvalue weighted by molar-refractivity contribution is 0.259. The lowest BCUT2D eigenvalue weighted by Gasteiger charge is -2.26. The van der Waals surface area contributed by atoms with Crippen LogP contribution in [0.15, 0.2) is 12.4 Å². The summed E-state index contributed by atoms with van der Waals surface area (Å²) in [4.78, 5) is 0. The van der Waals surface area contributed by atoms with Crippen molar-refractivity contribution in [2.45, 2.75) is 39.2 Å². The quantitative estimate of drug-likeness (QED) is 0.663. The highest BCUT2D eigenvalue weighted by Crippen LogP contribution is 2.21. The maximum absolute atomic E-state index is 4.00. The van der Waals surface area contributed by atoms with Gasteiger partial charge in [0.15, 0.2) is 0 Å². The van der Waals surface area contributed by atoms with E-state index in [0.717, 1.165) is 12.8 Å². The van der Waals surface area contributed by atoms with Crippen molar-refractivity contribution in [1.29, 1.82) is 0 Å². The first-order chi connectivity index (χ1) is 5.23. The standard InChI is InChI=1S/C8H15N3/c1-4-8(3,5-2)11-7-6-9-10-11/h6-7H,4-5H2,1-3H3. The van der Waals surface area contributed by atoms with E-state index in [4.69, 9.17) is 0 Å². The van der Waals surface area contributed by atoms with Crippen molar-refractivity contribution in [2.24, 2.45) is 0 Å². The highest BCUT2D eigenvalue weighted by Gasteiger charge is 2.21. The van der Waals surface area contributed by atoms with Crippen molar-refractivity contribution in [3.05, 3.63) is 12.4 Å². The second-order valence-electron chi connectivity index (χ2n) is 3.05. The van der Waals surface area contributed by atoms with Crippen LogP contribution in [0.25, 0.3) is 0 Å². The minimum absolute atomic E-state index is 0.149. The summed E-state index contributed by atoms with van der Waals surface area (Å²) in [5.41, 5.74) is 0.149. The summed E-state index contributed by atoms with van der Waals surface area (Å²) in [6, 6.07) is 0. The predicted molar refractivity (Wildman–Crippen MR) is 44.3 cm³/mol. The molecule has 1 rings (SSSR count). The molecule has 0 spiro atoms. The molecule has 0 atom stereocenters. The van der Waals surface area contributed by atoms with Crippen LogP contribution in [0.4, 0.5) is 0 Å². The number of nitrogens with zero attached hydrogens (tertiary/aromatic N) is 3. The van der Waals surface area contributed by atoms with Gasteiger partial charge in [0.2, 0.25) is 0 Å². The molecule has 3 nitrogen and oxygen atoms in total. The lowest BCUT2D eigenvalue weighted by atomic mass is 9.96. The molecule has 1 heterocycles. The number of hydrogen-bond donors (Lipinski definition) is 0. The molecule has 1 aromatic rings. The molecule has 0 amide bonds. The second kappa shape index (κ2) is 3.03. The van der Waals surface area contributed by atoms with Gasteiger partial charge in [-0.2, -0.15) is 0 Å². The minimum atomic E-state index is 0.149. The summed E-state index contributed by atoms with van der Waals surface area (Å²) >= 11 is 0. The fourth-order valence-electron chi connectivity index (χ4n) is 1.07. The van der Waals surface area contributed by atoms with Crippen LogP contribution in [0.2, 0.25) is 0 Å². The van der Waals surface area contributed by atoms with Gasteiger partial charge in [0.25, 0.3) is 0 Å². The van der Waals surface area contributed by atoms with Crippen molar-refractivity contribution in [3.8, 4) is 0 Å². The molecule has 0 unspecified atom stereocenters. The van der Waals surface area contributed by atoms with Crippen molar-refractivity contribution in [1.82, 2.24) is 15.0 Å². The maximum atomic E-state index is 4.00. The van der Waals surface area contributed by atoms with Gasteiger partial charge < -0.3 is 0 Å². The van der Waals surface area contributed by atoms with Crippen molar-refractivity contribution in [3.63, 3.8) is 0 Å². The molecule has 0 aliphatic heterocycles. The van der Waals surface area contributed by atoms with E-state index in [9.17, 15) is 0 Å². The van der Waals surface area contributed by atoms with Crippen LogP contribution in [0.1, 0.15) is 33.6 Å². The molecule has 0 saturated carbocycles. The molecular weight excluding hydrogens is 138 g/mol. The molecule has 0 N–H and O–H groups in total. The van der Waals surface area contributed by atoms with Gasteiger partial charge >= 0.3 is 0 Å². The van der Waals surface area contributed by atoms with Crippen LogP contribution < -0.4 is 0 Å². The van der Waals surface area contributed by atoms with Crippen LogP contribution in [0.3, 0.4) is 0 Å². The normalized spacial score (nSPS) is 11.9. The van der Waals surface area contributed by atoms with Gasteiger partial charge in [-0.15, -0.1) is 5.10 Å². The minimum Gasteiger partial charge on any atom is -0.247 e. The van der Waals surface area contributed by atoms with Crippen molar-refractivity contribution >= 4 is 0 Å². The van der Waals surface area contributed by atoms with Gasteiger partial charge in [-0.3, -0.25) is 0 Å². The molecule has 62 valence electrons. The van der Waals surface area contributed by atoms with E-state index >= 15 is 0 Å². The molecule has 11 heavy (non-hydrogen) atoms. The molecule has 1 aromatic heterocycles. The summed E-state index contributed by atoms with van der Waals surface area (Å²) < 4.78 is 1.94. The zero-order valence-electron chi connectivity index (χ0n) is 7.41. The van der Waals surface area contributed by atoms with Crippen LogP contribution in [-0.2, 0) is 5.54 Å². The first-order valence-electron chi connectivity index (χ1n) is 4.09. The van der Waals surface area contributed by atoms with Crippen LogP contribution in [0, 0.1) is 0 Å². The van der Waals surface area contributed by atoms with E-state index in [1.54, 1.807) is 6.20 Å². The molecule has 3 heteroatoms. The Morgan fingerprint density at radius 1 is 1.36 bits per heavy atom. The molecule has 0 saturated heterocycles. The van der Waals surface area contributed by atoms with E-state index in [0.29, 0.717) is 0 Å². The van der Waals surface area contributed by atoms with Gasteiger partial charge in [0, 0.05) is 6.20 Å². The summed E-state index contributed by atoms with van der Waals surface area (Å²) in [5.74, 6) is 0. The molecule has 0 aromatic carbocycles. The summed E-state index contributed by atoms with van der Waals surface area (Å²) in [5, 5.41) is 7.79. The number of rotatable bonds is 3. The number of aromatic nitrogens is 3. The van der Waals surface area contributed by atoms with E-state index in [-0.39, 0.29) is 5.54 Å². The molecule has 0 fully saturated rings. The third-order valence-corrected chi connectivity index (χ3v) is 2.50. The van der Waals surface area contributed by atoms with Crippen LogP contribution >= 0.6 is 0 Å². The fourth-order valence-corrected chi connectivity index (χ4v) is 1.07. The Bertz CT molecular complexity index is 199. The van der Waals surface area contributed by atoms with Crippen LogP contribution in [-0.4, -0.2) is 15.0 Å². The molecule has 0 bridgehead atoms. The first-order valence-corrected chi connectivity index (χ1v) is 4.09. The molecule has 0 aliphatic carbocycles. The zero-order valence-corrected chi connectivity index (χ0v) is 7.41. The lowest BCUT2D eigenvalue weighted by Crippen LogP contribution is -2.28. The molecule has 0 aliphatic rings. The highest BCUT2D eigenvalue weighted by atomic mass is 15.4. The Kier molecular flexibility index (Phi) is 2.27. The van der Waals surface area contributed by atoms with E-state index in [2.05, 4.69) is 31.1 Å². The Balaban J connectivity index is 2.87. The van der Waals surface area contributed by atoms with Crippen LogP contribution in [0.5, 0.6) is 0 Å². The van der Waals surface area contributed by atoms with E-state index in [1.165, 1.54) is 0 Å². The largest absolute Gasteiger partial charge is 0.247 e. The van der Waals surface area contributed by atoms with Gasteiger partial charge in [-0.05, 0) is 19.8 Å². The first kappa shape index (κ1) is 8.24. The van der Waals surface area contributed by atoms with Gasteiger partial charge in [0.1, 0.15) is 0 Å². The Hall–Kier alpha value is -0.860. The predicted octanol–water partition coefficient (Wildman–Crippen LogP) is 1.81. The summed E-state index contributed by atoms with van der Waals surface area (Å²) in [6.07, 6.45) is 5.83. The Labute approximate surface area is 67.4 Å². The van der Waals surface area contributed by atoms with Crippen molar-refractivity contribution in [2.75, 3.05) is 0 Å². The van der Waals surface area contributed by atoms with Gasteiger partial charge in [0.05, 0.1) is 11.7 Å². The maximum Gasteiger partial charge on any atom is 0.0693 e. The van der Waals surface area contributed by atoms with Gasteiger partial charge in [-0.25, -0.2) is 4.68 Å². The third-order valence-electron chi connectivity index (χ3n) is 2.50. The zero-order chi connectivity index (χ0) is 8.32. The average Bonchev–Trinajstić information content (AvgIpc) is 2.55. The molecular formula is C8H15N3. The third kappa shape index (κ3) is 1.42. The number of hydrogen-bond acceptors (Lipinski definition) is 2. The summed E-state index contributed by atoms with van der Waals surface area (Å²) in [6.45, 7) is 6.54. The van der Waals surface area contributed by atoms with E-state index < -0.39 is 0 Å². The highest BCUT2D eigenvalue weighted by molar-refractivity contribution is 4.80. The topological polar surface area (TPSA) is 30.7 Å².